The number of fused-ring (bicyclic) bond motifs is 3. The SMILES string of the molecule is Cc1[nH]nc2ncc3c(c12)C(=O)N(c1ccccc1Cl)C3=O. The lowest BCUT2D eigenvalue weighted by atomic mass is 10.1. The Morgan fingerprint density at radius 1 is 1.18 bits per heavy atom. The van der Waals surface area contributed by atoms with Crippen LogP contribution in [0.4, 0.5) is 5.69 Å². The van der Waals surface area contributed by atoms with Crippen LogP contribution in [0.2, 0.25) is 5.02 Å². The lowest BCUT2D eigenvalue weighted by Crippen LogP contribution is -2.29. The number of carbonyl (C=O) groups is 2. The van der Waals surface area contributed by atoms with Crippen LogP contribution >= 0.6 is 11.6 Å². The first-order valence-corrected chi connectivity index (χ1v) is 6.94. The molecule has 6 nitrogen and oxygen atoms in total. The number of amides is 2. The van der Waals surface area contributed by atoms with E-state index in [0.717, 1.165) is 4.90 Å². The summed E-state index contributed by atoms with van der Waals surface area (Å²) in [6.07, 6.45) is 1.38. The molecule has 0 bridgehead atoms. The van der Waals surface area contributed by atoms with Crippen LogP contribution in [0, 0.1) is 6.92 Å². The topological polar surface area (TPSA) is 79.0 Å². The van der Waals surface area contributed by atoms with Crippen molar-refractivity contribution < 1.29 is 9.59 Å². The fourth-order valence-electron chi connectivity index (χ4n) is 2.69. The predicted octanol–water partition coefficient (Wildman–Crippen LogP) is 2.72. The Hall–Kier alpha value is -2.73. The van der Waals surface area contributed by atoms with Crippen LogP contribution in [0.1, 0.15) is 26.4 Å². The third-order valence-electron chi connectivity index (χ3n) is 3.71. The summed E-state index contributed by atoms with van der Waals surface area (Å²) in [6.45, 7) is 1.78. The molecule has 0 saturated carbocycles. The van der Waals surface area contributed by atoms with Gasteiger partial charge in [-0.2, -0.15) is 5.10 Å². The van der Waals surface area contributed by atoms with Crippen molar-refractivity contribution in [1.82, 2.24) is 15.2 Å². The normalized spacial score (nSPS) is 14.0. The summed E-state index contributed by atoms with van der Waals surface area (Å²) < 4.78 is 0. The molecule has 0 unspecified atom stereocenters. The van der Waals surface area contributed by atoms with Gasteiger partial charge in [0, 0.05) is 11.9 Å². The van der Waals surface area contributed by atoms with Crippen LogP contribution in [0.25, 0.3) is 11.0 Å². The molecule has 0 spiro atoms. The highest BCUT2D eigenvalue weighted by Gasteiger charge is 2.40. The zero-order chi connectivity index (χ0) is 15.4. The van der Waals surface area contributed by atoms with E-state index in [0.29, 0.717) is 33.0 Å². The zero-order valence-electron chi connectivity index (χ0n) is 11.4. The first kappa shape index (κ1) is 13.0. The van der Waals surface area contributed by atoms with E-state index in [9.17, 15) is 9.59 Å². The first-order valence-electron chi connectivity index (χ1n) is 6.56. The van der Waals surface area contributed by atoms with Crippen molar-refractivity contribution in [3.05, 3.63) is 52.3 Å². The summed E-state index contributed by atoms with van der Waals surface area (Å²) in [6, 6.07) is 6.74. The van der Waals surface area contributed by atoms with Gasteiger partial charge in [0.1, 0.15) is 0 Å². The van der Waals surface area contributed by atoms with Gasteiger partial charge in [-0.15, -0.1) is 0 Å². The molecular weight excluding hydrogens is 304 g/mol. The number of aryl methyl sites for hydroxylation is 1. The molecule has 4 rings (SSSR count). The van der Waals surface area contributed by atoms with Crippen molar-refractivity contribution in [3.63, 3.8) is 0 Å². The molecule has 22 heavy (non-hydrogen) atoms. The highest BCUT2D eigenvalue weighted by atomic mass is 35.5. The van der Waals surface area contributed by atoms with Gasteiger partial charge in [0.2, 0.25) is 0 Å². The Balaban J connectivity index is 1.99. The van der Waals surface area contributed by atoms with E-state index in [2.05, 4.69) is 15.2 Å². The Bertz CT molecular complexity index is 963. The molecule has 0 aliphatic carbocycles. The molecule has 108 valence electrons. The van der Waals surface area contributed by atoms with E-state index in [1.807, 2.05) is 0 Å². The fourth-order valence-corrected chi connectivity index (χ4v) is 2.91. The van der Waals surface area contributed by atoms with E-state index in [1.165, 1.54) is 6.20 Å². The van der Waals surface area contributed by atoms with Crippen molar-refractivity contribution in [1.29, 1.82) is 0 Å². The minimum atomic E-state index is -0.428. The van der Waals surface area contributed by atoms with Crippen LogP contribution in [0.3, 0.4) is 0 Å². The van der Waals surface area contributed by atoms with Crippen LogP contribution in [-0.4, -0.2) is 27.0 Å². The average molecular weight is 313 g/mol. The van der Waals surface area contributed by atoms with Gasteiger partial charge in [0.15, 0.2) is 5.65 Å². The Labute approximate surface area is 129 Å². The molecule has 1 aliphatic rings. The maximum Gasteiger partial charge on any atom is 0.267 e. The quantitative estimate of drug-likeness (QED) is 0.701. The number of aromatic amines is 1. The van der Waals surface area contributed by atoms with E-state index in [1.54, 1.807) is 31.2 Å². The molecule has 1 N–H and O–H groups in total. The summed E-state index contributed by atoms with van der Waals surface area (Å²) in [5, 5.41) is 7.73. The van der Waals surface area contributed by atoms with E-state index >= 15 is 0 Å². The Morgan fingerprint density at radius 2 is 1.95 bits per heavy atom. The van der Waals surface area contributed by atoms with Crippen LogP contribution in [0.15, 0.2) is 30.5 Å². The van der Waals surface area contributed by atoms with Crippen molar-refractivity contribution in [2.24, 2.45) is 0 Å². The number of rotatable bonds is 1. The largest absolute Gasteiger partial charge is 0.280 e. The molecule has 2 amide bonds. The number of benzene rings is 1. The second-order valence-corrected chi connectivity index (χ2v) is 5.40. The lowest BCUT2D eigenvalue weighted by Gasteiger charge is -2.15. The second kappa shape index (κ2) is 4.38. The predicted molar refractivity (Wildman–Crippen MR) is 81.2 cm³/mol. The number of halogens is 1. The maximum absolute atomic E-state index is 12.8. The van der Waals surface area contributed by atoms with Crippen LogP contribution < -0.4 is 4.90 Å². The van der Waals surface area contributed by atoms with Gasteiger partial charge in [-0.25, -0.2) is 9.88 Å². The molecule has 7 heteroatoms. The van der Waals surface area contributed by atoms with Gasteiger partial charge in [-0.05, 0) is 19.1 Å². The minimum absolute atomic E-state index is 0.266. The summed E-state index contributed by atoms with van der Waals surface area (Å²) in [7, 11) is 0. The highest BCUT2D eigenvalue weighted by molar-refractivity contribution is 6.41. The first-order chi connectivity index (χ1) is 10.6. The number of hydrogen-bond donors (Lipinski definition) is 1. The number of nitrogens with one attached hydrogen (secondary N) is 1. The van der Waals surface area contributed by atoms with Gasteiger partial charge in [0.05, 0.1) is 27.2 Å². The third-order valence-corrected chi connectivity index (χ3v) is 4.03. The number of hydrogen-bond acceptors (Lipinski definition) is 4. The van der Waals surface area contributed by atoms with Gasteiger partial charge < -0.3 is 0 Å². The Morgan fingerprint density at radius 3 is 2.73 bits per heavy atom. The summed E-state index contributed by atoms with van der Waals surface area (Å²) in [4.78, 5) is 30.6. The summed E-state index contributed by atoms with van der Waals surface area (Å²) in [5.74, 6) is -0.840. The second-order valence-electron chi connectivity index (χ2n) is 4.99. The van der Waals surface area contributed by atoms with E-state index in [4.69, 9.17) is 11.6 Å². The molecule has 0 atom stereocenters. The van der Waals surface area contributed by atoms with Crippen LogP contribution in [-0.2, 0) is 0 Å². The molecule has 0 fully saturated rings. The zero-order valence-corrected chi connectivity index (χ0v) is 12.2. The maximum atomic E-state index is 12.8. The number of imide groups is 1. The van der Waals surface area contributed by atoms with Crippen LogP contribution in [0.5, 0.6) is 0 Å². The van der Waals surface area contributed by atoms with Crippen molar-refractivity contribution in [2.45, 2.75) is 6.92 Å². The van der Waals surface area contributed by atoms with Gasteiger partial charge in [-0.3, -0.25) is 14.7 Å². The molecule has 0 saturated heterocycles. The standard InChI is InChI=1S/C15H9ClN4O2/c1-7-11-12-8(6-17-13(11)19-18-7)14(21)20(15(12)22)10-5-3-2-4-9(10)16/h2-6H,1H3,(H,17,18,19). The highest BCUT2D eigenvalue weighted by Crippen LogP contribution is 2.35. The smallest absolute Gasteiger partial charge is 0.267 e. The number of aromatic nitrogens is 3. The van der Waals surface area contributed by atoms with Crippen molar-refractivity contribution >= 4 is 40.1 Å². The molecule has 1 aliphatic heterocycles. The number of H-pyrrole nitrogens is 1. The number of para-hydroxylation sites is 1. The minimum Gasteiger partial charge on any atom is -0.280 e. The molecular formula is C15H9ClN4O2. The number of anilines is 1. The summed E-state index contributed by atoms with van der Waals surface area (Å²) >= 11 is 6.13. The third kappa shape index (κ3) is 1.55. The molecule has 1 aromatic carbocycles. The lowest BCUT2D eigenvalue weighted by molar-refractivity contribution is 0.0926. The molecule has 0 radical (unpaired) electrons. The van der Waals surface area contributed by atoms with Gasteiger partial charge in [-0.1, -0.05) is 23.7 Å². The number of pyridine rings is 1. The van der Waals surface area contributed by atoms with E-state index in [-0.39, 0.29) is 5.56 Å². The van der Waals surface area contributed by atoms with E-state index < -0.39 is 11.8 Å². The van der Waals surface area contributed by atoms with Gasteiger partial charge >= 0.3 is 0 Å². The molecule has 3 heterocycles. The summed E-state index contributed by atoms with van der Waals surface area (Å²) in [5.41, 5.74) is 2.06. The van der Waals surface area contributed by atoms with Crippen molar-refractivity contribution in [2.75, 3.05) is 4.90 Å². The fraction of sp³-hybridized carbons (Fsp3) is 0.0667. The number of carbonyl (C=O) groups excluding carboxylic acids is 2. The Kier molecular flexibility index (Phi) is 2.58. The van der Waals surface area contributed by atoms with Crippen molar-refractivity contribution in [3.8, 4) is 0 Å². The molecule has 3 aromatic rings. The number of nitrogens with zero attached hydrogens (tertiary/aromatic N) is 3. The monoisotopic (exact) mass is 312 g/mol. The van der Waals surface area contributed by atoms with Gasteiger partial charge in [0.25, 0.3) is 11.8 Å². The molecule has 2 aromatic heterocycles. The average Bonchev–Trinajstić information content (AvgIpc) is 3.00.